The Bertz CT molecular complexity index is 570. The van der Waals surface area contributed by atoms with E-state index in [9.17, 15) is 14.7 Å². The highest BCUT2D eigenvalue weighted by Crippen LogP contribution is 2.38. The van der Waals surface area contributed by atoms with Crippen molar-refractivity contribution in [2.45, 2.75) is 51.4 Å². The Balaban J connectivity index is 2.17. The molecule has 1 aliphatic rings. The first-order valence-electron chi connectivity index (χ1n) is 8.03. The number of carbonyl (C=O) groups excluding carboxylic acids is 1. The maximum Gasteiger partial charge on any atom is 0.327 e. The molecule has 126 valence electrons. The number of carboxylic acid groups (broad SMARTS) is 1. The van der Waals surface area contributed by atoms with Crippen molar-refractivity contribution in [3.05, 3.63) is 35.4 Å². The second-order valence-corrected chi connectivity index (χ2v) is 7.78. The van der Waals surface area contributed by atoms with Crippen molar-refractivity contribution in [3.63, 3.8) is 0 Å². The van der Waals surface area contributed by atoms with Crippen molar-refractivity contribution in [2.75, 3.05) is 5.75 Å². The van der Waals surface area contributed by atoms with E-state index < -0.39 is 12.0 Å². The second-order valence-electron chi connectivity index (χ2n) is 6.63. The number of nitrogens with zero attached hydrogens (tertiary/aromatic N) is 1. The summed E-state index contributed by atoms with van der Waals surface area (Å²) in [5.74, 6) is 0.0786. The van der Waals surface area contributed by atoms with E-state index in [1.165, 1.54) is 17.4 Å². The molecule has 1 heterocycles. The van der Waals surface area contributed by atoms with Crippen LogP contribution in [0.3, 0.4) is 0 Å². The van der Waals surface area contributed by atoms with Gasteiger partial charge in [0.15, 0.2) is 0 Å². The summed E-state index contributed by atoms with van der Waals surface area (Å²) in [5, 5.41) is 9.19. The van der Waals surface area contributed by atoms with Gasteiger partial charge in [-0.15, -0.1) is 11.8 Å². The fourth-order valence-electron chi connectivity index (χ4n) is 3.10. The first-order valence-corrected chi connectivity index (χ1v) is 9.08. The highest BCUT2D eigenvalue weighted by molar-refractivity contribution is 8.00. The number of carboxylic acids is 1. The molecule has 1 aliphatic heterocycles. The molecule has 0 spiro atoms. The number of hydrogen-bond acceptors (Lipinski definition) is 3. The van der Waals surface area contributed by atoms with Crippen LogP contribution in [0.4, 0.5) is 0 Å². The molecule has 0 aromatic heterocycles. The molecular formula is C18H25NO3S. The molecule has 1 unspecified atom stereocenters. The number of aliphatic carboxylic acids is 1. The van der Waals surface area contributed by atoms with Gasteiger partial charge in [0.05, 0.1) is 5.37 Å². The second kappa shape index (κ2) is 7.39. The van der Waals surface area contributed by atoms with Gasteiger partial charge in [-0.1, -0.05) is 45.0 Å². The van der Waals surface area contributed by atoms with E-state index in [0.29, 0.717) is 11.7 Å². The third kappa shape index (κ3) is 4.08. The quantitative estimate of drug-likeness (QED) is 0.896. The van der Waals surface area contributed by atoms with E-state index in [0.717, 1.165) is 12.0 Å². The van der Waals surface area contributed by atoms with Gasteiger partial charge < -0.3 is 10.0 Å². The lowest BCUT2D eigenvalue weighted by Gasteiger charge is -2.30. The average Bonchev–Trinajstić information content (AvgIpc) is 2.92. The summed E-state index contributed by atoms with van der Waals surface area (Å²) in [6, 6.07) is 7.77. The van der Waals surface area contributed by atoms with Gasteiger partial charge in [-0.05, 0) is 23.5 Å². The van der Waals surface area contributed by atoms with Crippen LogP contribution in [0.1, 0.15) is 44.7 Å². The molecule has 3 atom stereocenters. The predicted molar refractivity (Wildman–Crippen MR) is 93.6 cm³/mol. The molecule has 1 aromatic rings. The average molecular weight is 335 g/mol. The van der Waals surface area contributed by atoms with Gasteiger partial charge >= 0.3 is 5.97 Å². The molecule has 1 N–H and O–H groups in total. The molecule has 1 fully saturated rings. The van der Waals surface area contributed by atoms with Crippen LogP contribution in [-0.2, 0) is 16.0 Å². The summed E-state index contributed by atoms with van der Waals surface area (Å²) in [7, 11) is 0. The number of thioether (sulfide) groups is 1. The summed E-state index contributed by atoms with van der Waals surface area (Å²) < 4.78 is 0. The molecule has 0 bridgehead atoms. The van der Waals surface area contributed by atoms with Gasteiger partial charge in [-0.3, -0.25) is 4.79 Å². The van der Waals surface area contributed by atoms with Crippen LogP contribution in [0.15, 0.2) is 24.3 Å². The molecule has 1 saturated heterocycles. The zero-order chi connectivity index (χ0) is 17.1. The summed E-state index contributed by atoms with van der Waals surface area (Å²) in [5.41, 5.74) is 2.45. The molecule has 4 nitrogen and oxygen atoms in total. The Hall–Kier alpha value is -1.49. The van der Waals surface area contributed by atoms with Crippen LogP contribution in [0.5, 0.6) is 0 Å². The number of hydrogen-bond donors (Lipinski definition) is 1. The summed E-state index contributed by atoms with van der Waals surface area (Å²) in [6.45, 7) is 7.91. The maximum atomic E-state index is 11.9. The first kappa shape index (κ1) is 17.9. The van der Waals surface area contributed by atoms with Gasteiger partial charge in [0.25, 0.3) is 0 Å². The fraction of sp³-hybridized carbons (Fsp3) is 0.556. The highest BCUT2D eigenvalue weighted by atomic mass is 32.2. The Morgan fingerprint density at radius 2 is 1.87 bits per heavy atom. The van der Waals surface area contributed by atoms with Crippen molar-refractivity contribution in [2.24, 2.45) is 5.92 Å². The third-order valence-electron chi connectivity index (χ3n) is 4.26. The molecule has 2 rings (SSSR count). The van der Waals surface area contributed by atoms with E-state index >= 15 is 0 Å². The third-order valence-corrected chi connectivity index (χ3v) is 5.75. The predicted octanol–water partition coefficient (Wildman–Crippen LogP) is 3.36. The van der Waals surface area contributed by atoms with Crippen LogP contribution in [0, 0.1) is 5.92 Å². The highest BCUT2D eigenvalue weighted by Gasteiger charge is 2.42. The van der Waals surface area contributed by atoms with Crippen molar-refractivity contribution >= 4 is 23.6 Å². The zero-order valence-electron chi connectivity index (χ0n) is 14.2. The number of amides is 1. The molecule has 1 amide bonds. The Morgan fingerprint density at radius 1 is 1.26 bits per heavy atom. The van der Waals surface area contributed by atoms with Crippen LogP contribution in [0.2, 0.25) is 0 Å². The Kier molecular flexibility index (Phi) is 5.74. The zero-order valence-corrected chi connectivity index (χ0v) is 15.0. The maximum absolute atomic E-state index is 11.9. The SMILES string of the molecule is CC(=O)N1C([C@H](C)c2ccc(CC(C)C)cc2)SC[C@H]1C(=O)O. The molecule has 23 heavy (non-hydrogen) atoms. The number of benzene rings is 1. The minimum atomic E-state index is -0.922. The number of carbonyl (C=O) groups is 2. The molecule has 1 aromatic carbocycles. The van der Waals surface area contributed by atoms with Crippen molar-refractivity contribution in [1.82, 2.24) is 4.90 Å². The first-order chi connectivity index (χ1) is 10.8. The lowest BCUT2D eigenvalue weighted by atomic mass is 9.96. The van der Waals surface area contributed by atoms with Crippen molar-refractivity contribution in [1.29, 1.82) is 0 Å². The molecule has 5 heteroatoms. The largest absolute Gasteiger partial charge is 0.480 e. The normalized spacial score (nSPS) is 22.4. The van der Waals surface area contributed by atoms with Crippen LogP contribution >= 0.6 is 11.8 Å². The van der Waals surface area contributed by atoms with Gasteiger partial charge in [0.1, 0.15) is 6.04 Å². The standard InChI is InChI=1S/C18H25NO3S/c1-11(2)9-14-5-7-15(8-6-14)12(3)17-19(13(4)20)16(10-23-17)18(21)22/h5-8,11-12,16-17H,9-10H2,1-4H3,(H,21,22)/t12-,16+,17?/m1/s1. The monoisotopic (exact) mass is 335 g/mol. The van der Waals surface area contributed by atoms with Gasteiger partial charge in [0.2, 0.25) is 5.91 Å². The van der Waals surface area contributed by atoms with E-state index in [1.54, 1.807) is 11.8 Å². The summed E-state index contributed by atoms with van der Waals surface area (Å²) >= 11 is 1.56. The fourth-order valence-corrected chi connectivity index (χ4v) is 4.68. The molecule has 0 saturated carbocycles. The summed E-state index contributed by atoms with van der Waals surface area (Å²) in [6.07, 6.45) is 1.05. The molecule has 0 radical (unpaired) electrons. The van der Waals surface area contributed by atoms with Gasteiger partial charge in [-0.2, -0.15) is 0 Å². The van der Waals surface area contributed by atoms with Crippen LogP contribution in [0.25, 0.3) is 0 Å². The minimum absolute atomic E-state index is 0.0985. The van der Waals surface area contributed by atoms with Crippen molar-refractivity contribution in [3.8, 4) is 0 Å². The van der Waals surface area contributed by atoms with Crippen molar-refractivity contribution < 1.29 is 14.7 Å². The van der Waals surface area contributed by atoms with Crippen LogP contribution in [-0.4, -0.2) is 39.1 Å². The lowest BCUT2D eigenvalue weighted by molar-refractivity contribution is -0.148. The smallest absolute Gasteiger partial charge is 0.327 e. The van der Waals surface area contributed by atoms with Gasteiger partial charge in [0, 0.05) is 18.6 Å². The van der Waals surface area contributed by atoms with Gasteiger partial charge in [-0.25, -0.2) is 4.79 Å². The van der Waals surface area contributed by atoms with E-state index in [2.05, 4.69) is 45.0 Å². The topological polar surface area (TPSA) is 57.6 Å². The Labute approximate surface area is 142 Å². The number of rotatable bonds is 5. The van der Waals surface area contributed by atoms with Crippen LogP contribution < -0.4 is 0 Å². The van der Waals surface area contributed by atoms with E-state index in [4.69, 9.17) is 0 Å². The molecule has 0 aliphatic carbocycles. The summed E-state index contributed by atoms with van der Waals surface area (Å²) in [4.78, 5) is 24.8. The Morgan fingerprint density at radius 3 is 2.35 bits per heavy atom. The lowest BCUT2D eigenvalue weighted by Crippen LogP contribution is -2.46. The van der Waals surface area contributed by atoms with E-state index in [-0.39, 0.29) is 17.2 Å². The molecular weight excluding hydrogens is 310 g/mol. The van der Waals surface area contributed by atoms with E-state index in [1.807, 2.05) is 0 Å². The minimum Gasteiger partial charge on any atom is -0.480 e.